The van der Waals surface area contributed by atoms with Gasteiger partial charge in [0, 0.05) is 16.3 Å². The van der Waals surface area contributed by atoms with Gasteiger partial charge >= 0.3 is 6.18 Å². The number of anilines is 2. The Balaban J connectivity index is 1.63. The molecule has 3 rings (SSSR count). The monoisotopic (exact) mass is 476 g/mol. The average molecular weight is 477 g/mol. The van der Waals surface area contributed by atoms with E-state index in [4.69, 9.17) is 16.3 Å². The van der Waals surface area contributed by atoms with Gasteiger partial charge in [0.05, 0.1) is 11.3 Å². The first kappa shape index (κ1) is 24.1. The minimum Gasteiger partial charge on any atom is -0.481 e. The predicted octanol–water partition coefficient (Wildman–Crippen LogP) is 6.33. The van der Waals surface area contributed by atoms with Crippen LogP contribution in [-0.4, -0.2) is 17.9 Å². The fourth-order valence-corrected chi connectivity index (χ4v) is 3.13. The molecule has 0 saturated carbocycles. The van der Waals surface area contributed by atoms with Crippen LogP contribution in [0.15, 0.2) is 66.7 Å². The van der Waals surface area contributed by atoms with Crippen LogP contribution in [0.1, 0.15) is 28.4 Å². The van der Waals surface area contributed by atoms with Gasteiger partial charge in [0.1, 0.15) is 5.75 Å². The first-order chi connectivity index (χ1) is 15.6. The summed E-state index contributed by atoms with van der Waals surface area (Å²) in [5, 5.41) is 5.54. The second-order valence-electron chi connectivity index (χ2n) is 7.18. The molecule has 9 heteroatoms. The van der Waals surface area contributed by atoms with Crippen LogP contribution in [0.3, 0.4) is 0 Å². The molecule has 0 aromatic heterocycles. The standard InChI is InChI=1S/C24H20ClF3N2O3/c1-14-19(25)7-5-9-20(14)29-23(32)16-10-12-17(13-11-16)33-15(2)22(31)30-21-8-4-3-6-18(21)24(26,27)28/h3-13,15H,1-2H3,(H,29,32)(H,30,31). The van der Waals surface area contributed by atoms with Crippen molar-refractivity contribution < 1.29 is 27.5 Å². The van der Waals surface area contributed by atoms with E-state index in [1.165, 1.54) is 49.4 Å². The average Bonchev–Trinajstić information content (AvgIpc) is 2.77. The topological polar surface area (TPSA) is 67.4 Å². The summed E-state index contributed by atoms with van der Waals surface area (Å²) in [6.07, 6.45) is -5.69. The molecule has 3 aromatic carbocycles. The molecule has 3 aromatic rings. The summed E-state index contributed by atoms with van der Waals surface area (Å²) < 4.78 is 44.8. The van der Waals surface area contributed by atoms with Gasteiger partial charge in [-0.05, 0) is 67.9 Å². The van der Waals surface area contributed by atoms with E-state index in [0.717, 1.165) is 11.6 Å². The number of alkyl halides is 3. The molecule has 172 valence electrons. The molecule has 2 N–H and O–H groups in total. The first-order valence-electron chi connectivity index (χ1n) is 9.86. The van der Waals surface area contributed by atoms with Gasteiger partial charge in [-0.3, -0.25) is 9.59 Å². The third-order valence-corrected chi connectivity index (χ3v) is 5.21. The molecule has 0 fully saturated rings. The lowest BCUT2D eigenvalue weighted by molar-refractivity contribution is -0.137. The molecule has 5 nitrogen and oxygen atoms in total. The predicted molar refractivity (Wildman–Crippen MR) is 121 cm³/mol. The van der Waals surface area contributed by atoms with Crippen LogP contribution in [0.25, 0.3) is 0 Å². The number of carbonyl (C=O) groups excluding carboxylic acids is 2. The third-order valence-electron chi connectivity index (χ3n) is 4.80. The lowest BCUT2D eigenvalue weighted by atomic mass is 10.1. The SMILES string of the molecule is Cc1c(Cl)cccc1NC(=O)c1ccc(OC(C)C(=O)Nc2ccccc2C(F)(F)F)cc1. The molecule has 0 heterocycles. The number of nitrogens with one attached hydrogen (secondary N) is 2. The number of rotatable bonds is 6. The van der Waals surface area contributed by atoms with E-state index in [0.29, 0.717) is 16.3 Å². The summed E-state index contributed by atoms with van der Waals surface area (Å²) in [5.74, 6) is -0.830. The van der Waals surface area contributed by atoms with Gasteiger partial charge in [-0.15, -0.1) is 0 Å². The van der Waals surface area contributed by atoms with Crippen LogP contribution < -0.4 is 15.4 Å². The maximum absolute atomic E-state index is 13.1. The van der Waals surface area contributed by atoms with Crippen molar-refractivity contribution in [2.45, 2.75) is 26.1 Å². The fraction of sp³-hybridized carbons (Fsp3) is 0.167. The van der Waals surface area contributed by atoms with Crippen molar-refractivity contribution in [2.75, 3.05) is 10.6 Å². The van der Waals surface area contributed by atoms with Gasteiger partial charge in [0.15, 0.2) is 6.10 Å². The Morgan fingerprint density at radius 1 is 0.909 bits per heavy atom. The Morgan fingerprint density at radius 3 is 2.21 bits per heavy atom. The lowest BCUT2D eigenvalue weighted by Crippen LogP contribution is -2.31. The van der Waals surface area contributed by atoms with E-state index in [2.05, 4.69) is 10.6 Å². The Labute approximate surface area is 193 Å². The van der Waals surface area contributed by atoms with Crippen LogP contribution >= 0.6 is 11.6 Å². The second kappa shape index (κ2) is 9.95. The van der Waals surface area contributed by atoms with E-state index in [-0.39, 0.29) is 17.3 Å². The van der Waals surface area contributed by atoms with E-state index >= 15 is 0 Å². The molecular weight excluding hydrogens is 457 g/mol. The summed E-state index contributed by atoms with van der Waals surface area (Å²) in [5.41, 5.74) is 0.360. The molecule has 0 aliphatic rings. The fourth-order valence-electron chi connectivity index (χ4n) is 2.95. The van der Waals surface area contributed by atoms with Gasteiger partial charge in [-0.25, -0.2) is 0 Å². The Hall–Kier alpha value is -3.52. The Morgan fingerprint density at radius 2 is 1.55 bits per heavy atom. The molecule has 1 unspecified atom stereocenters. The molecule has 0 saturated heterocycles. The van der Waals surface area contributed by atoms with Crippen molar-refractivity contribution in [2.24, 2.45) is 0 Å². The normalized spacial score (nSPS) is 12.1. The molecule has 2 amide bonds. The van der Waals surface area contributed by atoms with E-state index in [1.807, 2.05) is 0 Å². The molecule has 0 spiro atoms. The van der Waals surface area contributed by atoms with E-state index in [9.17, 15) is 22.8 Å². The maximum Gasteiger partial charge on any atom is 0.418 e. The highest BCUT2D eigenvalue weighted by Gasteiger charge is 2.34. The number of ether oxygens (including phenoxy) is 1. The Bertz CT molecular complexity index is 1160. The number of benzene rings is 3. The van der Waals surface area contributed by atoms with Gasteiger partial charge in [-0.2, -0.15) is 13.2 Å². The molecule has 0 bridgehead atoms. The largest absolute Gasteiger partial charge is 0.481 e. The van der Waals surface area contributed by atoms with Crippen LogP contribution in [-0.2, 0) is 11.0 Å². The van der Waals surface area contributed by atoms with E-state index < -0.39 is 23.8 Å². The molecule has 33 heavy (non-hydrogen) atoms. The molecule has 0 radical (unpaired) electrons. The zero-order chi connectivity index (χ0) is 24.2. The summed E-state index contributed by atoms with van der Waals surface area (Å²) in [6, 6.07) is 15.9. The number of hydrogen-bond acceptors (Lipinski definition) is 3. The van der Waals surface area contributed by atoms with Gasteiger partial charge < -0.3 is 15.4 Å². The van der Waals surface area contributed by atoms with Crippen molar-refractivity contribution in [1.82, 2.24) is 0 Å². The van der Waals surface area contributed by atoms with Crippen molar-refractivity contribution in [3.8, 4) is 5.75 Å². The third kappa shape index (κ3) is 6.04. The minimum atomic E-state index is -4.60. The van der Waals surface area contributed by atoms with Crippen LogP contribution in [0.2, 0.25) is 5.02 Å². The summed E-state index contributed by atoms with van der Waals surface area (Å²) >= 11 is 6.06. The van der Waals surface area contributed by atoms with Gasteiger partial charge in [-0.1, -0.05) is 29.8 Å². The van der Waals surface area contributed by atoms with Crippen molar-refractivity contribution in [1.29, 1.82) is 0 Å². The van der Waals surface area contributed by atoms with Gasteiger partial charge in [0.2, 0.25) is 0 Å². The highest BCUT2D eigenvalue weighted by atomic mass is 35.5. The van der Waals surface area contributed by atoms with Crippen molar-refractivity contribution >= 4 is 34.8 Å². The lowest BCUT2D eigenvalue weighted by Gasteiger charge is -2.17. The molecule has 0 aliphatic carbocycles. The highest BCUT2D eigenvalue weighted by molar-refractivity contribution is 6.31. The minimum absolute atomic E-state index is 0.275. The van der Waals surface area contributed by atoms with Crippen molar-refractivity contribution in [3.05, 3.63) is 88.4 Å². The number of amides is 2. The molecular formula is C24H20ClF3N2O3. The highest BCUT2D eigenvalue weighted by Crippen LogP contribution is 2.34. The summed E-state index contributed by atoms with van der Waals surface area (Å²) in [7, 11) is 0. The molecule has 0 aliphatic heterocycles. The number of para-hydroxylation sites is 1. The maximum atomic E-state index is 13.1. The zero-order valence-electron chi connectivity index (χ0n) is 17.7. The quantitative estimate of drug-likeness (QED) is 0.437. The van der Waals surface area contributed by atoms with Crippen LogP contribution in [0.5, 0.6) is 5.75 Å². The number of carbonyl (C=O) groups is 2. The number of hydrogen-bond donors (Lipinski definition) is 2. The Kier molecular flexibility index (Phi) is 7.28. The van der Waals surface area contributed by atoms with E-state index in [1.54, 1.807) is 25.1 Å². The summed E-state index contributed by atoms with van der Waals surface area (Å²) in [6.45, 7) is 3.20. The van der Waals surface area contributed by atoms with Gasteiger partial charge in [0.25, 0.3) is 11.8 Å². The molecule has 1 atom stereocenters. The van der Waals surface area contributed by atoms with Crippen molar-refractivity contribution in [3.63, 3.8) is 0 Å². The summed E-state index contributed by atoms with van der Waals surface area (Å²) in [4.78, 5) is 24.8. The first-order valence-corrected chi connectivity index (χ1v) is 10.2. The van der Waals surface area contributed by atoms with Crippen LogP contribution in [0.4, 0.5) is 24.5 Å². The smallest absolute Gasteiger partial charge is 0.418 e. The zero-order valence-corrected chi connectivity index (χ0v) is 18.4. The van der Waals surface area contributed by atoms with Crippen LogP contribution in [0, 0.1) is 6.92 Å². The number of halogens is 4. The second-order valence-corrected chi connectivity index (χ2v) is 7.59.